The molecular formula is C18H23NO2. The monoisotopic (exact) mass is 285 g/mol. The minimum absolute atomic E-state index is 0.111. The lowest BCUT2D eigenvalue weighted by Crippen LogP contribution is -2.11. The number of benzene rings is 1. The summed E-state index contributed by atoms with van der Waals surface area (Å²) in [5.74, 6) is 0.611. The topological polar surface area (TPSA) is 39.2 Å². The quantitative estimate of drug-likeness (QED) is 0.834. The number of aromatic nitrogens is 1. The summed E-state index contributed by atoms with van der Waals surface area (Å²) in [6.07, 6.45) is 0.914. The molecule has 1 aliphatic rings. The zero-order chi connectivity index (χ0) is 15.2. The maximum atomic E-state index is 11.9. The second-order valence-corrected chi connectivity index (χ2v) is 4.98. The van der Waals surface area contributed by atoms with Gasteiger partial charge < -0.3 is 4.74 Å². The number of fused-ring (bicyclic) bond motifs is 1. The Hall–Kier alpha value is -1.74. The van der Waals surface area contributed by atoms with E-state index in [9.17, 15) is 4.79 Å². The van der Waals surface area contributed by atoms with Gasteiger partial charge in [-0.25, -0.2) is 0 Å². The van der Waals surface area contributed by atoms with Crippen LogP contribution in [0.5, 0.6) is 0 Å². The largest absolute Gasteiger partial charge is 0.374 e. The van der Waals surface area contributed by atoms with Crippen molar-refractivity contribution in [3.05, 3.63) is 42.1 Å². The number of pyridine rings is 1. The first-order chi connectivity index (χ1) is 10.3. The molecule has 0 spiro atoms. The molecule has 0 saturated heterocycles. The van der Waals surface area contributed by atoms with Crippen LogP contribution in [0.2, 0.25) is 0 Å². The summed E-state index contributed by atoms with van der Waals surface area (Å²) in [7, 11) is 0. The average Bonchev–Trinajstić information content (AvgIpc) is 3.35. The van der Waals surface area contributed by atoms with E-state index in [2.05, 4.69) is 17.1 Å². The van der Waals surface area contributed by atoms with Crippen LogP contribution in [-0.4, -0.2) is 24.0 Å². The predicted molar refractivity (Wildman–Crippen MR) is 85.4 cm³/mol. The number of Topliss-reactive ketones (excluding diaryl/α,β-unsaturated/α-hetero) is 1. The number of nitrogens with zero attached hydrogens (tertiary/aromatic N) is 1. The second kappa shape index (κ2) is 7.32. The molecular weight excluding hydrogens is 262 g/mol. The Morgan fingerprint density at radius 1 is 1.24 bits per heavy atom. The summed E-state index contributed by atoms with van der Waals surface area (Å²) in [6.45, 7) is 6.74. The Morgan fingerprint density at radius 3 is 2.76 bits per heavy atom. The number of hydrogen-bond acceptors (Lipinski definition) is 3. The van der Waals surface area contributed by atoms with E-state index in [-0.39, 0.29) is 24.2 Å². The minimum atomic E-state index is 0.111. The van der Waals surface area contributed by atoms with Crippen LogP contribution in [0.25, 0.3) is 10.9 Å². The van der Waals surface area contributed by atoms with Crippen LogP contribution in [0.4, 0.5) is 0 Å². The van der Waals surface area contributed by atoms with E-state index in [0.29, 0.717) is 6.61 Å². The fourth-order valence-electron chi connectivity index (χ4n) is 2.48. The van der Waals surface area contributed by atoms with Crippen molar-refractivity contribution in [3.8, 4) is 0 Å². The lowest BCUT2D eigenvalue weighted by Gasteiger charge is -2.03. The fourth-order valence-corrected chi connectivity index (χ4v) is 2.48. The van der Waals surface area contributed by atoms with Crippen molar-refractivity contribution < 1.29 is 9.53 Å². The number of carbonyl (C=O) groups is 1. The van der Waals surface area contributed by atoms with Gasteiger partial charge in [0, 0.05) is 29.5 Å². The van der Waals surface area contributed by atoms with Crippen LogP contribution in [-0.2, 0) is 9.53 Å². The van der Waals surface area contributed by atoms with E-state index >= 15 is 0 Å². The third-order valence-electron chi connectivity index (χ3n) is 3.65. The van der Waals surface area contributed by atoms with Crippen molar-refractivity contribution in [2.75, 3.05) is 13.2 Å². The minimum Gasteiger partial charge on any atom is -0.374 e. The molecule has 3 rings (SSSR count). The summed E-state index contributed by atoms with van der Waals surface area (Å²) >= 11 is 0. The molecule has 112 valence electrons. The first kappa shape index (κ1) is 15.6. The van der Waals surface area contributed by atoms with Crippen molar-refractivity contribution >= 4 is 16.7 Å². The van der Waals surface area contributed by atoms with Crippen molar-refractivity contribution in [3.63, 3.8) is 0 Å². The molecule has 1 saturated carbocycles. The molecule has 2 aromatic rings. The Bertz CT molecular complexity index is 609. The van der Waals surface area contributed by atoms with Crippen LogP contribution in [0.1, 0.15) is 38.8 Å². The SMILES string of the molecule is CC.CCOCC(=O)[C@H]1C[C@@H]1c1ccc2ccccc2n1. The number of ether oxygens (including phenoxy) is 1. The van der Waals surface area contributed by atoms with Gasteiger partial charge in [0.15, 0.2) is 5.78 Å². The highest BCUT2D eigenvalue weighted by Gasteiger charge is 2.44. The number of hydrogen-bond donors (Lipinski definition) is 0. The van der Waals surface area contributed by atoms with Gasteiger partial charge in [0.1, 0.15) is 6.61 Å². The molecule has 0 unspecified atom stereocenters. The van der Waals surface area contributed by atoms with Gasteiger partial charge in [-0.1, -0.05) is 38.1 Å². The van der Waals surface area contributed by atoms with E-state index in [4.69, 9.17) is 4.74 Å². The van der Waals surface area contributed by atoms with Crippen LogP contribution in [0.15, 0.2) is 36.4 Å². The predicted octanol–water partition coefficient (Wildman–Crippen LogP) is 3.97. The van der Waals surface area contributed by atoms with Crippen molar-refractivity contribution in [2.24, 2.45) is 5.92 Å². The molecule has 2 atom stereocenters. The molecule has 0 aliphatic heterocycles. The highest BCUT2D eigenvalue weighted by molar-refractivity contribution is 5.86. The van der Waals surface area contributed by atoms with Crippen molar-refractivity contribution in [1.29, 1.82) is 0 Å². The van der Waals surface area contributed by atoms with Gasteiger partial charge in [0.05, 0.1) is 5.52 Å². The smallest absolute Gasteiger partial charge is 0.162 e. The zero-order valence-electron chi connectivity index (χ0n) is 13.0. The molecule has 0 radical (unpaired) electrons. The van der Waals surface area contributed by atoms with Gasteiger partial charge in [-0.15, -0.1) is 0 Å². The molecule has 1 aromatic heterocycles. The molecule has 0 amide bonds. The van der Waals surface area contributed by atoms with E-state index in [0.717, 1.165) is 23.0 Å². The number of ketones is 1. The van der Waals surface area contributed by atoms with Gasteiger partial charge >= 0.3 is 0 Å². The lowest BCUT2D eigenvalue weighted by atomic mass is 10.1. The molecule has 1 heterocycles. The third-order valence-corrected chi connectivity index (χ3v) is 3.65. The van der Waals surface area contributed by atoms with Gasteiger partial charge in [-0.3, -0.25) is 9.78 Å². The molecule has 1 fully saturated rings. The highest BCUT2D eigenvalue weighted by Crippen LogP contribution is 2.47. The normalized spacial score (nSPS) is 19.8. The van der Waals surface area contributed by atoms with Crippen LogP contribution >= 0.6 is 0 Å². The second-order valence-electron chi connectivity index (χ2n) is 4.98. The van der Waals surface area contributed by atoms with Crippen LogP contribution in [0, 0.1) is 5.92 Å². The van der Waals surface area contributed by atoms with Crippen molar-refractivity contribution in [2.45, 2.75) is 33.1 Å². The van der Waals surface area contributed by atoms with Crippen LogP contribution < -0.4 is 0 Å². The van der Waals surface area contributed by atoms with Gasteiger partial charge in [-0.05, 0) is 25.5 Å². The molecule has 0 bridgehead atoms. The maximum absolute atomic E-state index is 11.9. The van der Waals surface area contributed by atoms with E-state index in [1.165, 1.54) is 0 Å². The number of para-hydroxylation sites is 1. The lowest BCUT2D eigenvalue weighted by molar-refractivity contribution is -0.124. The molecule has 1 aromatic carbocycles. The highest BCUT2D eigenvalue weighted by atomic mass is 16.5. The van der Waals surface area contributed by atoms with Crippen LogP contribution in [0.3, 0.4) is 0 Å². The van der Waals surface area contributed by atoms with Gasteiger partial charge in [0.25, 0.3) is 0 Å². The van der Waals surface area contributed by atoms with Crippen molar-refractivity contribution in [1.82, 2.24) is 4.98 Å². The summed E-state index contributed by atoms with van der Waals surface area (Å²) in [5.41, 5.74) is 2.04. The standard InChI is InChI=1S/C16H17NO2.C2H6/c1-2-19-10-16(18)13-9-12(13)15-8-7-11-5-3-4-6-14(11)17-15;1-2/h3-8,12-13H,2,9-10H2,1H3;1-2H3/t12-,13-;/m0./s1. The summed E-state index contributed by atoms with van der Waals surface area (Å²) in [5, 5.41) is 1.14. The average molecular weight is 285 g/mol. The van der Waals surface area contributed by atoms with E-state index in [1.807, 2.05) is 45.0 Å². The summed E-state index contributed by atoms with van der Waals surface area (Å²) in [6, 6.07) is 12.2. The summed E-state index contributed by atoms with van der Waals surface area (Å²) < 4.78 is 5.18. The first-order valence-corrected chi connectivity index (χ1v) is 7.75. The maximum Gasteiger partial charge on any atom is 0.162 e. The molecule has 3 heteroatoms. The Morgan fingerprint density at radius 2 is 2.00 bits per heavy atom. The molecule has 3 nitrogen and oxygen atoms in total. The summed E-state index contributed by atoms with van der Waals surface area (Å²) in [4.78, 5) is 16.5. The molecule has 1 aliphatic carbocycles. The number of carbonyl (C=O) groups excluding carboxylic acids is 1. The van der Waals surface area contributed by atoms with Gasteiger partial charge in [0.2, 0.25) is 0 Å². The molecule has 21 heavy (non-hydrogen) atoms. The Balaban J connectivity index is 0.000000774. The fraction of sp³-hybridized carbons (Fsp3) is 0.444. The van der Waals surface area contributed by atoms with E-state index in [1.54, 1.807) is 0 Å². The molecule has 0 N–H and O–H groups in total. The number of rotatable bonds is 5. The Kier molecular flexibility index (Phi) is 5.45. The third kappa shape index (κ3) is 3.67. The first-order valence-electron chi connectivity index (χ1n) is 7.75. The van der Waals surface area contributed by atoms with Gasteiger partial charge in [-0.2, -0.15) is 0 Å². The zero-order valence-corrected chi connectivity index (χ0v) is 13.0. The Labute approximate surface area is 126 Å². The van der Waals surface area contributed by atoms with E-state index < -0.39 is 0 Å².